The van der Waals surface area contributed by atoms with Crippen LogP contribution >= 0.6 is 0 Å². The monoisotopic (exact) mass is 400 g/mol. The van der Waals surface area contributed by atoms with E-state index in [1.165, 1.54) is 0 Å². The molecule has 1 heterocycles. The molecule has 0 spiro atoms. The van der Waals surface area contributed by atoms with E-state index in [0.717, 1.165) is 18.4 Å². The van der Waals surface area contributed by atoms with Crippen LogP contribution in [0.4, 0.5) is 0 Å². The molecule has 7 nitrogen and oxygen atoms in total. The summed E-state index contributed by atoms with van der Waals surface area (Å²) in [4.78, 5) is 41.3. The van der Waals surface area contributed by atoms with E-state index in [4.69, 9.17) is 0 Å². The van der Waals surface area contributed by atoms with Crippen molar-refractivity contribution in [3.63, 3.8) is 0 Å². The van der Waals surface area contributed by atoms with Gasteiger partial charge in [0.1, 0.15) is 6.04 Å². The summed E-state index contributed by atoms with van der Waals surface area (Å²) in [6.07, 6.45) is 2.43. The molecule has 3 amide bonds. The van der Waals surface area contributed by atoms with E-state index in [-0.39, 0.29) is 30.1 Å². The van der Waals surface area contributed by atoms with Crippen molar-refractivity contribution in [1.82, 2.24) is 20.4 Å². The van der Waals surface area contributed by atoms with E-state index in [2.05, 4.69) is 15.5 Å². The molecule has 1 saturated carbocycles. The highest BCUT2D eigenvalue weighted by atomic mass is 16.2. The lowest BCUT2D eigenvalue weighted by Gasteiger charge is -2.37. The number of rotatable bonds is 8. The van der Waals surface area contributed by atoms with E-state index in [9.17, 15) is 14.4 Å². The number of carbonyl (C=O) groups excluding carboxylic acids is 3. The van der Waals surface area contributed by atoms with Crippen molar-refractivity contribution in [2.75, 3.05) is 32.7 Å². The van der Waals surface area contributed by atoms with Crippen molar-refractivity contribution in [2.45, 2.75) is 45.2 Å². The van der Waals surface area contributed by atoms with Gasteiger partial charge in [-0.05, 0) is 24.3 Å². The lowest BCUT2D eigenvalue weighted by molar-refractivity contribution is -0.139. The summed E-state index contributed by atoms with van der Waals surface area (Å²) in [6.45, 7) is 6.79. The summed E-state index contributed by atoms with van der Waals surface area (Å²) < 4.78 is 0. The molecule has 1 aliphatic heterocycles. The third kappa shape index (κ3) is 6.56. The summed E-state index contributed by atoms with van der Waals surface area (Å²) in [5.41, 5.74) is 0.929. The quantitative estimate of drug-likeness (QED) is 0.676. The van der Waals surface area contributed by atoms with Crippen molar-refractivity contribution in [3.8, 4) is 0 Å². The first kappa shape index (κ1) is 21.3. The van der Waals surface area contributed by atoms with Crippen LogP contribution in [0, 0.1) is 5.92 Å². The van der Waals surface area contributed by atoms with Crippen molar-refractivity contribution < 1.29 is 14.4 Å². The lowest BCUT2D eigenvalue weighted by atomic mass is 10.0. The Morgan fingerprint density at radius 1 is 1.00 bits per heavy atom. The van der Waals surface area contributed by atoms with Gasteiger partial charge in [0, 0.05) is 32.2 Å². The number of hydrogen-bond acceptors (Lipinski definition) is 4. The number of amides is 3. The average molecular weight is 401 g/mol. The average Bonchev–Trinajstić information content (AvgIpc) is 3.50. The Morgan fingerprint density at radius 2 is 1.66 bits per heavy atom. The molecule has 2 aliphatic rings. The van der Waals surface area contributed by atoms with Gasteiger partial charge in [-0.25, -0.2) is 0 Å². The first-order valence-corrected chi connectivity index (χ1v) is 10.6. The van der Waals surface area contributed by atoms with E-state index >= 15 is 0 Å². The Labute approximate surface area is 172 Å². The van der Waals surface area contributed by atoms with Crippen LogP contribution in [0.15, 0.2) is 30.3 Å². The molecule has 1 atom stereocenters. The molecule has 7 heteroatoms. The van der Waals surface area contributed by atoms with Crippen LogP contribution in [-0.4, -0.2) is 72.3 Å². The Balaban J connectivity index is 1.47. The minimum Gasteiger partial charge on any atom is -0.352 e. The Bertz CT molecular complexity index is 710. The number of carbonyl (C=O) groups is 3. The second-order valence-electron chi connectivity index (χ2n) is 8.39. The molecule has 2 N–H and O–H groups in total. The summed E-state index contributed by atoms with van der Waals surface area (Å²) in [5.74, 6) is -0.104. The van der Waals surface area contributed by atoms with Gasteiger partial charge in [0.05, 0.1) is 13.0 Å². The van der Waals surface area contributed by atoms with E-state index in [0.29, 0.717) is 38.8 Å². The molecular weight excluding hydrogens is 368 g/mol. The molecule has 2 fully saturated rings. The second kappa shape index (κ2) is 9.87. The first-order valence-electron chi connectivity index (χ1n) is 10.6. The Hall–Kier alpha value is -2.41. The minimum atomic E-state index is -0.532. The van der Waals surface area contributed by atoms with Crippen LogP contribution < -0.4 is 10.6 Å². The number of piperazine rings is 1. The van der Waals surface area contributed by atoms with Gasteiger partial charge in [-0.2, -0.15) is 0 Å². The van der Waals surface area contributed by atoms with Crippen molar-refractivity contribution in [1.29, 1.82) is 0 Å². The van der Waals surface area contributed by atoms with Gasteiger partial charge >= 0.3 is 0 Å². The molecule has 1 aliphatic carbocycles. The van der Waals surface area contributed by atoms with Crippen molar-refractivity contribution in [2.24, 2.45) is 5.92 Å². The minimum absolute atomic E-state index is 0.00423. The highest BCUT2D eigenvalue weighted by Crippen LogP contribution is 2.18. The predicted molar refractivity (Wildman–Crippen MR) is 111 cm³/mol. The van der Waals surface area contributed by atoms with Crippen LogP contribution in [0.1, 0.15) is 32.3 Å². The Kier molecular flexibility index (Phi) is 7.25. The zero-order valence-electron chi connectivity index (χ0n) is 17.4. The standard InChI is InChI=1S/C22H32N4O3/c1-16(2)21(24-19(27)14-17-6-4-3-5-7-17)22(29)26-12-10-25(11-13-26)15-20(28)23-18-8-9-18/h3-7,16,18,21H,8-15H2,1-2H3,(H,23,28)(H,24,27). The molecular formula is C22H32N4O3. The summed E-state index contributed by atoms with van der Waals surface area (Å²) in [6, 6.07) is 9.37. The normalized spacial score (nSPS) is 18.4. The summed E-state index contributed by atoms with van der Waals surface area (Å²) in [7, 11) is 0. The van der Waals surface area contributed by atoms with Gasteiger partial charge in [-0.3, -0.25) is 19.3 Å². The van der Waals surface area contributed by atoms with Gasteiger partial charge in [-0.1, -0.05) is 44.2 Å². The predicted octanol–water partition coefficient (Wildman–Crippen LogP) is 0.793. The van der Waals surface area contributed by atoms with Crippen LogP contribution in [0.5, 0.6) is 0 Å². The van der Waals surface area contributed by atoms with Crippen LogP contribution in [-0.2, 0) is 20.8 Å². The highest BCUT2D eigenvalue weighted by molar-refractivity contribution is 5.88. The van der Waals surface area contributed by atoms with Crippen molar-refractivity contribution >= 4 is 17.7 Å². The molecule has 0 radical (unpaired) electrons. The molecule has 0 aromatic heterocycles. The Morgan fingerprint density at radius 3 is 2.24 bits per heavy atom. The summed E-state index contributed by atoms with van der Waals surface area (Å²) in [5, 5.41) is 5.93. The van der Waals surface area contributed by atoms with Gasteiger partial charge < -0.3 is 15.5 Å². The lowest BCUT2D eigenvalue weighted by Crippen LogP contribution is -2.57. The maximum atomic E-state index is 13.0. The fraction of sp³-hybridized carbons (Fsp3) is 0.591. The summed E-state index contributed by atoms with van der Waals surface area (Å²) >= 11 is 0. The third-order valence-corrected chi connectivity index (χ3v) is 5.45. The zero-order chi connectivity index (χ0) is 20.8. The van der Waals surface area contributed by atoms with Gasteiger partial charge in [0.15, 0.2) is 0 Å². The fourth-order valence-electron chi connectivity index (χ4n) is 3.55. The fourth-order valence-corrected chi connectivity index (χ4v) is 3.55. The van der Waals surface area contributed by atoms with Crippen LogP contribution in [0.2, 0.25) is 0 Å². The first-order chi connectivity index (χ1) is 13.9. The molecule has 158 valence electrons. The highest BCUT2D eigenvalue weighted by Gasteiger charge is 2.31. The van der Waals surface area contributed by atoms with E-state index in [1.54, 1.807) is 0 Å². The third-order valence-electron chi connectivity index (χ3n) is 5.45. The zero-order valence-corrected chi connectivity index (χ0v) is 17.4. The maximum absolute atomic E-state index is 13.0. The number of nitrogens with one attached hydrogen (secondary N) is 2. The van der Waals surface area contributed by atoms with Crippen molar-refractivity contribution in [3.05, 3.63) is 35.9 Å². The molecule has 1 saturated heterocycles. The van der Waals surface area contributed by atoms with Gasteiger partial charge in [-0.15, -0.1) is 0 Å². The van der Waals surface area contributed by atoms with Crippen LogP contribution in [0.3, 0.4) is 0 Å². The smallest absolute Gasteiger partial charge is 0.245 e. The topological polar surface area (TPSA) is 81.8 Å². The molecule has 0 bridgehead atoms. The number of benzene rings is 1. The van der Waals surface area contributed by atoms with E-state index in [1.807, 2.05) is 49.1 Å². The molecule has 3 rings (SSSR count). The second-order valence-corrected chi connectivity index (χ2v) is 8.39. The van der Waals surface area contributed by atoms with Gasteiger partial charge in [0.2, 0.25) is 17.7 Å². The number of hydrogen-bond donors (Lipinski definition) is 2. The molecule has 1 unspecified atom stereocenters. The van der Waals surface area contributed by atoms with Gasteiger partial charge in [0.25, 0.3) is 0 Å². The maximum Gasteiger partial charge on any atom is 0.245 e. The molecule has 1 aromatic rings. The molecule has 1 aromatic carbocycles. The SMILES string of the molecule is CC(C)C(NC(=O)Cc1ccccc1)C(=O)N1CCN(CC(=O)NC2CC2)CC1. The van der Waals surface area contributed by atoms with Crippen LogP contribution in [0.25, 0.3) is 0 Å². The largest absolute Gasteiger partial charge is 0.352 e. The molecule has 29 heavy (non-hydrogen) atoms. The number of nitrogens with zero attached hydrogens (tertiary/aromatic N) is 2. The van der Waals surface area contributed by atoms with E-state index < -0.39 is 6.04 Å².